The van der Waals surface area contributed by atoms with Crippen LogP contribution in [0.5, 0.6) is 0 Å². The van der Waals surface area contributed by atoms with Gasteiger partial charge in [-0.2, -0.15) is 0 Å². The van der Waals surface area contributed by atoms with Gasteiger partial charge in [-0.05, 0) is 19.4 Å². The maximum absolute atomic E-state index is 13.2. The maximum atomic E-state index is 13.2. The van der Waals surface area contributed by atoms with Crippen molar-refractivity contribution in [3.8, 4) is 0 Å². The van der Waals surface area contributed by atoms with Crippen LogP contribution in [0.15, 0.2) is 40.1 Å². The Bertz CT molecular complexity index is 1220. The van der Waals surface area contributed by atoms with E-state index in [-0.39, 0.29) is 29.8 Å². The number of carbonyl (C=O) groups excluding carboxylic acids is 2. The lowest BCUT2D eigenvalue weighted by Gasteiger charge is -2.25. The van der Waals surface area contributed by atoms with Gasteiger partial charge in [-0.15, -0.1) is 0 Å². The average Bonchev–Trinajstić information content (AvgIpc) is 3.24. The van der Waals surface area contributed by atoms with Crippen LogP contribution in [-0.2, 0) is 4.74 Å². The minimum Gasteiger partial charge on any atom is -0.394 e. The van der Waals surface area contributed by atoms with Crippen LogP contribution in [0.25, 0.3) is 0 Å². The van der Waals surface area contributed by atoms with E-state index in [1.807, 2.05) is 13.0 Å². The van der Waals surface area contributed by atoms with Crippen molar-refractivity contribution in [2.75, 3.05) is 6.61 Å². The molecule has 2 heterocycles. The molecule has 0 unspecified atom stereocenters. The van der Waals surface area contributed by atoms with Gasteiger partial charge in [0.25, 0.3) is 5.56 Å². The zero-order valence-electron chi connectivity index (χ0n) is 22.4. The first-order chi connectivity index (χ1) is 18.2. The van der Waals surface area contributed by atoms with E-state index in [9.17, 15) is 29.4 Å². The van der Waals surface area contributed by atoms with Gasteiger partial charge in [0.1, 0.15) is 12.3 Å². The fourth-order valence-electron chi connectivity index (χ4n) is 5.01. The van der Waals surface area contributed by atoms with Crippen molar-refractivity contribution >= 4 is 11.6 Å². The van der Waals surface area contributed by atoms with E-state index in [4.69, 9.17) is 4.74 Å². The van der Waals surface area contributed by atoms with Gasteiger partial charge in [-0.25, -0.2) is 4.79 Å². The number of nitrogens with one attached hydrogen (secondary N) is 1. The summed E-state index contributed by atoms with van der Waals surface area (Å²) in [7, 11) is 0. The number of aliphatic hydroxyl groups is 2. The Morgan fingerprint density at radius 2 is 1.74 bits per heavy atom. The second kappa shape index (κ2) is 13.8. The minimum absolute atomic E-state index is 0.172. The fourth-order valence-corrected chi connectivity index (χ4v) is 5.01. The molecular weight excluding hydrogens is 488 g/mol. The van der Waals surface area contributed by atoms with Crippen molar-refractivity contribution in [1.29, 1.82) is 0 Å². The highest BCUT2D eigenvalue weighted by Gasteiger charge is 2.53. The summed E-state index contributed by atoms with van der Waals surface area (Å²) in [5, 5.41) is 21.1. The van der Waals surface area contributed by atoms with Crippen molar-refractivity contribution in [2.24, 2.45) is 0 Å². The normalized spacial score (nSPS) is 21.1. The van der Waals surface area contributed by atoms with Gasteiger partial charge < -0.3 is 14.9 Å². The smallest absolute Gasteiger partial charge is 0.330 e. The molecule has 3 atom stereocenters. The van der Waals surface area contributed by atoms with Gasteiger partial charge in [0.05, 0.1) is 12.2 Å². The first-order valence-corrected chi connectivity index (χ1v) is 13.7. The molecule has 1 aromatic heterocycles. The molecule has 0 aliphatic carbocycles. The van der Waals surface area contributed by atoms with Crippen LogP contribution < -0.4 is 11.2 Å². The lowest BCUT2D eigenvalue weighted by atomic mass is 9.86. The standard InChI is InChI=1S/C29H40N2O7/c1-3-4-5-6-7-8-9-10-11-15-23(33)22-18-31(28(36)30-27(22)35)25-17-29(37,24(19-32)38-25)26(34)21-14-12-13-20(2)16-21/h12-14,16,18,24-25,32,37H,3-11,15,17,19H2,1-2H3,(H,30,35,36)/t24-,25-,29+/m1/s1. The largest absolute Gasteiger partial charge is 0.394 e. The summed E-state index contributed by atoms with van der Waals surface area (Å²) >= 11 is 0. The van der Waals surface area contributed by atoms with Crippen LogP contribution in [0.3, 0.4) is 0 Å². The lowest BCUT2D eigenvalue weighted by molar-refractivity contribution is -0.0690. The SMILES string of the molecule is CCCCCCCCCCCC(=O)c1cn([C@H]2C[C@@](O)(C(=O)c3cccc(C)c3)[C@@H](CO)O2)c(=O)[nH]c1=O. The van der Waals surface area contributed by atoms with E-state index in [0.717, 1.165) is 35.6 Å². The van der Waals surface area contributed by atoms with Crippen molar-refractivity contribution in [3.63, 3.8) is 0 Å². The van der Waals surface area contributed by atoms with Crippen LogP contribution >= 0.6 is 0 Å². The van der Waals surface area contributed by atoms with E-state index in [1.165, 1.54) is 32.1 Å². The first-order valence-electron chi connectivity index (χ1n) is 13.7. The molecule has 0 spiro atoms. The second-order valence-corrected chi connectivity index (χ2v) is 10.3. The third-order valence-electron chi connectivity index (χ3n) is 7.26. The quantitative estimate of drug-likeness (QED) is 0.236. The van der Waals surface area contributed by atoms with E-state index >= 15 is 0 Å². The van der Waals surface area contributed by atoms with Crippen molar-refractivity contribution in [2.45, 2.75) is 102 Å². The predicted molar refractivity (Wildman–Crippen MR) is 144 cm³/mol. The van der Waals surface area contributed by atoms with E-state index in [1.54, 1.807) is 18.2 Å². The van der Waals surface area contributed by atoms with Crippen LogP contribution in [0.1, 0.15) is 110 Å². The van der Waals surface area contributed by atoms with Crippen LogP contribution in [0.4, 0.5) is 0 Å². The maximum Gasteiger partial charge on any atom is 0.330 e. The monoisotopic (exact) mass is 528 g/mol. The van der Waals surface area contributed by atoms with Crippen molar-refractivity contribution in [1.82, 2.24) is 9.55 Å². The zero-order chi connectivity index (χ0) is 27.7. The molecule has 1 saturated heterocycles. The minimum atomic E-state index is -2.09. The molecular formula is C29H40N2O7. The first kappa shape index (κ1) is 29.7. The number of ether oxygens (including phenoxy) is 1. The molecule has 2 aromatic rings. The van der Waals surface area contributed by atoms with Gasteiger partial charge >= 0.3 is 5.69 Å². The summed E-state index contributed by atoms with van der Waals surface area (Å²) in [6, 6.07) is 6.68. The van der Waals surface area contributed by atoms with Gasteiger partial charge in [0, 0.05) is 24.6 Å². The summed E-state index contributed by atoms with van der Waals surface area (Å²) in [6.45, 7) is 3.34. The Labute approximate surface area is 222 Å². The fraction of sp³-hybridized carbons (Fsp3) is 0.586. The highest BCUT2D eigenvalue weighted by molar-refractivity contribution is 6.03. The number of carbonyl (C=O) groups is 2. The number of unbranched alkanes of at least 4 members (excludes halogenated alkanes) is 8. The molecule has 0 radical (unpaired) electrons. The number of ketones is 2. The number of hydrogen-bond acceptors (Lipinski definition) is 7. The third kappa shape index (κ3) is 7.15. The van der Waals surface area contributed by atoms with Gasteiger partial charge in [0.2, 0.25) is 0 Å². The highest BCUT2D eigenvalue weighted by atomic mass is 16.5. The van der Waals surface area contributed by atoms with Crippen molar-refractivity contribution in [3.05, 3.63) is 68.0 Å². The van der Waals surface area contributed by atoms with Gasteiger partial charge in [0.15, 0.2) is 17.2 Å². The van der Waals surface area contributed by atoms with Gasteiger partial charge in [-0.3, -0.25) is 23.9 Å². The number of rotatable bonds is 15. The summed E-state index contributed by atoms with van der Waals surface area (Å²) in [5.41, 5.74) is -2.81. The predicted octanol–water partition coefficient (Wildman–Crippen LogP) is 3.84. The Morgan fingerprint density at radius 1 is 1.08 bits per heavy atom. The van der Waals surface area contributed by atoms with Crippen LogP contribution in [0.2, 0.25) is 0 Å². The van der Waals surface area contributed by atoms with Crippen LogP contribution in [-0.4, -0.2) is 49.6 Å². The number of aromatic amines is 1. The second-order valence-electron chi connectivity index (χ2n) is 10.3. The van der Waals surface area contributed by atoms with E-state index < -0.39 is 41.6 Å². The van der Waals surface area contributed by atoms with E-state index in [2.05, 4.69) is 11.9 Å². The third-order valence-corrected chi connectivity index (χ3v) is 7.26. The molecule has 3 N–H and O–H groups in total. The summed E-state index contributed by atoms with van der Waals surface area (Å²) < 4.78 is 6.72. The molecule has 0 saturated carbocycles. The van der Waals surface area contributed by atoms with Crippen molar-refractivity contribution < 1.29 is 24.5 Å². The molecule has 208 valence electrons. The number of H-pyrrole nitrogens is 1. The molecule has 1 aromatic carbocycles. The Kier molecular flexibility index (Phi) is 10.8. The molecule has 1 aliphatic rings. The summed E-state index contributed by atoms with van der Waals surface area (Å²) in [5.74, 6) is -1.02. The number of nitrogens with zero attached hydrogens (tertiary/aromatic N) is 1. The molecule has 9 nitrogen and oxygen atoms in total. The summed E-state index contributed by atoms with van der Waals surface area (Å²) in [4.78, 5) is 53.2. The number of aromatic nitrogens is 2. The topological polar surface area (TPSA) is 139 Å². The highest BCUT2D eigenvalue weighted by Crippen LogP contribution is 2.38. The lowest BCUT2D eigenvalue weighted by Crippen LogP contribution is -2.48. The molecule has 0 amide bonds. The summed E-state index contributed by atoms with van der Waals surface area (Å²) in [6.07, 6.45) is 8.38. The Balaban J connectivity index is 1.67. The molecule has 38 heavy (non-hydrogen) atoms. The molecule has 1 aliphatic heterocycles. The number of aliphatic hydroxyl groups excluding tert-OH is 1. The number of hydrogen-bond donors (Lipinski definition) is 3. The zero-order valence-corrected chi connectivity index (χ0v) is 22.4. The van der Waals surface area contributed by atoms with Crippen LogP contribution in [0, 0.1) is 6.92 Å². The Morgan fingerprint density at radius 3 is 2.37 bits per heavy atom. The number of aryl methyl sites for hydroxylation is 1. The molecule has 1 fully saturated rings. The van der Waals surface area contributed by atoms with E-state index in [0.29, 0.717) is 6.42 Å². The van der Waals surface area contributed by atoms with Gasteiger partial charge in [-0.1, -0.05) is 82.1 Å². The molecule has 3 rings (SSSR count). The Hall–Kier alpha value is -2.88. The molecule has 0 bridgehead atoms. The number of benzene rings is 1. The number of Topliss-reactive ketones (excluding diaryl/α,β-unsaturated/α-hetero) is 2. The average molecular weight is 529 g/mol. The molecule has 9 heteroatoms.